The Balaban J connectivity index is 1.49. The van der Waals surface area contributed by atoms with Crippen molar-refractivity contribution >= 4 is 28.5 Å². The maximum Gasteiger partial charge on any atom is 0.222 e. The number of amides is 1. The summed E-state index contributed by atoms with van der Waals surface area (Å²) in [5.41, 5.74) is 3.34. The fourth-order valence-electron chi connectivity index (χ4n) is 4.41. The first-order valence-electron chi connectivity index (χ1n) is 10.5. The van der Waals surface area contributed by atoms with Gasteiger partial charge in [-0.3, -0.25) is 4.79 Å². The molecule has 2 aromatic carbocycles. The molecule has 0 saturated carbocycles. The van der Waals surface area contributed by atoms with Gasteiger partial charge < -0.3 is 9.47 Å². The molecule has 1 saturated heterocycles. The lowest BCUT2D eigenvalue weighted by Gasteiger charge is -2.33. The summed E-state index contributed by atoms with van der Waals surface area (Å²) < 4.78 is 2.35. The second kappa shape index (κ2) is 8.58. The van der Waals surface area contributed by atoms with Gasteiger partial charge in [-0.15, -0.1) is 0 Å². The molecular weight excluding hydrogens is 382 g/mol. The predicted molar refractivity (Wildman–Crippen MR) is 118 cm³/mol. The molecule has 0 aliphatic carbocycles. The largest absolute Gasteiger partial charge is 0.342 e. The van der Waals surface area contributed by atoms with E-state index in [0.717, 1.165) is 54.3 Å². The van der Waals surface area contributed by atoms with Crippen LogP contribution in [-0.2, 0) is 11.2 Å². The topological polar surface area (TPSA) is 38.1 Å². The molecule has 4 rings (SSSR count). The molecule has 2 heterocycles. The SMILES string of the molecule is CC(C)n1c(C2CCCN(C(=O)CCc3cccc(Cl)c3)C2)nc2ccccc21. The Morgan fingerprint density at radius 1 is 1.21 bits per heavy atom. The first-order valence-corrected chi connectivity index (χ1v) is 10.9. The van der Waals surface area contributed by atoms with E-state index >= 15 is 0 Å². The molecule has 1 aliphatic rings. The van der Waals surface area contributed by atoms with Crippen LogP contribution in [0.5, 0.6) is 0 Å². The Morgan fingerprint density at radius 3 is 2.83 bits per heavy atom. The molecule has 1 atom stereocenters. The molecular formula is C24H28ClN3O. The normalized spacial score (nSPS) is 17.2. The summed E-state index contributed by atoms with van der Waals surface area (Å²) in [7, 11) is 0. The van der Waals surface area contributed by atoms with Gasteiger partial charge in [-0.1, -0.05) is 35.9 Å². The fourth-order valence-corrected chi connectivity index (χ4v) is 4.62. The lowest BCUT2D eigenvalue weighted by molar-refractivity contribution is -0.132. The number of fused-ring (bicyclic) bond motifs is 1. The summed E-state index contributed by atoms with van der Waals surface area (Å²) in [6, 6.07) is 16.4. The number of likely N-dealkylation sites (tertiary alicyclic amines) is 1. The molecule has 29 heavy (non-hydrogen) atoms. The highest BCUT2D eigenvalue weighted by Crippen LogP contribution is 2.31. The summed E-state index contributed by atoms with van der Waals surface area (Å²) in [5.74, 6) is 1.63. The van der Waals surface area contributed by atoms with Crippen molar-refractivity contribution in [2.75, 3.05) is 13.1 Å². The minimum Gasteiger partial charge on any atom is -0.342 e. The summed E-state index contributed by atoms with van der Waals surface area (Å²) in [5, 5.41) is 0.723. The van der Waals surface area contributed by atoms with Crippen molar-refractivity contribution in [1.82, 2.24) is 14.5 Å². The first-order chi connectivity index (χ1) is 14.0. The highest BCUT2D eigenvalue weighted by Gasteiger charge is 2.29. The third-order valence-corrected chi connectivity index (χ3v) is 6.03. The monoisotopic (exact) mass is 409 g/mol. The van der Waals surface area contributed by atoms with Crippen molar-refractivity contribution in [3.63, 3.8) is 0 Å². The van der Waals surface area contributed by atoms with Gasteiger partial charge in [-0.2, -0.15) is 0 Å². The number of rotatable bonds is 5. The zero-order valence-corrected chi connectivity index (χ0v) is 17.9. The summed E-state index contributed by atoms with van der Waals surface area (Å²) in [6.45, 7) is 6.00. The van der Waals surface area contributed by atoms with E-state index in [1.165, 1.54) is 5.52 Å². The Bertz CT molecular complexity index is 1010. The van der Waals surface area contributed by atoms with Gasteiger partial charge in [0, 0.05) is 36.5 Å². The molecule has 0 N–H and O–H groups in total. The van der Waals surface area contributed by atoms with Crippen LogP contribution in [0.25, 0.3) is 11.0 Å². The maximum absolute atomic E-state index is 12.9. The second-order valence-electron chi connectivity index (χ2n) is 8.23. The smallest absolute Gasteiger partial charge is 0.222 e. The molecule has 3 aromatic rings. The van der Waals surface area contributed by atoms with E-state index in [9.17, 15) is 4.79 Å². The quantitative estimate of drug-likeness (QED) is 0.549. The number of imidazole rings is 1. The predicted octanol–water partition coefficient (Wildman–Crippen LogP) is 5.61. The number of carbonyl (C=O) groups excluding carboxylic acids is 1. The molecule has 1 unspecified atom stereocenters. The standard InChI is InChI=1S/C24H28ClN3O/c1-17(2)28-22-11-4-3-10-21(22)26-24(28)19-8-6-14-27(16-19)23(29)13-12-18-7-5-9-20(25)15-18/h3-5,7,9-11,15,17,19H,6,8,12-14,16H2,1-2H3. The minimum atomic E-state index is 0.224. The van der Waals surface area contributed by atoms with Gasteiger partial charge in [0.15, 0.2) is 0 Å². The van der Waals surface area contributed by atoms with E-state index in [4.69, 9.17) is 16.6 Å². The number of nitrogens with zero attached hydrogens (tertiary/aromatic N) is 3. The van der Waals surface area contributed by atoms with Crippen LogP contribution in [0.15, 0.2) is 48.5 Å². The van der Waals surface area contributed by atoms with E-state index < -0.39 is 0 Å². The lowest BCUT2D eigenvalue weighted by atomic mass is 9.96. The maximum atomic E-state index is 12.9. The number of piperidine rings is 1. The van der Waals surface area contributed by atoms with Crippen molar-refractivity contribution in [2.24, 2.45) is 0 Å². The van der Waals surface area contributed by atoms with Gasteiger partial charge in [-0.05, 0) is 62.9 Å². The van der Waals surface area contributed by atoms with Crippen molar-refractivity contribution in [1.29, 1.82) is 0 Å². The number of carbonyl (C=O) groups is 1. The lowest BCUT2D eigenvalue weighted by Crippen LogP contribution is -2.40. The van der Waals surface area contributed by atoms with E-state index in [2.05, 4.69) is 36.6 Å². The van der Waals surface area contributed by atoms with E-state index in [1.54, 1.807) is 0 Å². The number of para-hydroxylation sites is 2. The minimum absolute atomic E-state index is 0.224. The Hall–Kier alpha value is -2.33. The van der Waals surface area contributed by atoms with Gasteiger partial charge in [0.05, 0.1) is 11.0 Å². The average molecular weight is 410 g/mol. The van der Waals surface area contributed by atoms with E-state index in [-0.39, 0.29) is 11.8 Å². The summed E-state index contributed by atoms with van der Waals surface area (Å²) >= 11 is 6.06. The molecule has 0 radical (unpaired) electrons. The first kappa shape index (κ1) is 20.0. The van der Waals surface area contributed by atoms with Crippen LogP contribution in [0.4, 0.5) is 0 Å². The van der Waals surface area contributed by atoms with E-state index in [0.29, 0.717) is 12.5 Å². The third kappa shape index (κ3) is 4.32. The molecule has 4 nitrogen and oxygen atoms in total. The second-order valence-corrected chi connectivity index (χ2v) is 8.67. The van der Waals surface area contributed by atoms with E-state index in [1.807, 2.05) is 35.2 Å². The van der Waals surface area contributed by atoms with Crippen LogP contribution in [0, 0.1) is 0 Å². The molecule has 5 heteroatoms. The number of benzene rings is 2. The van der Waals surface area contributed by atoms with Crippen LogP contribution in [0.1, 0.15) is 56.5 Å². The number of hydrogen-bond acceptors (Lipinski definition) is 2. The number of aromatic nitrogens is 2. The van der Waals surface area contributed by atoms with Crippen LogP contribution < -0.4 is 0 Å². The fraction of sp³-hybridized carbons (Fsp3) is 0.417. The Labute approximate surface area is 177 Å². The number of hydrogen-bond donors (Lipinski definition) is 0. The highest BCUT2D eigenvalue weighted by atomic mass is 35.5. The molecule has 152 valence electrons. The Morgan fingerprint density at radius 2 is 2.03 bits per heavy atom. The van der Waals surface area contributed by atoms with Crippen LogP contribution in [0.2, 0.25) is 5.02 Å². The third-order valence-electron chi connectivity index (χ3n) is 5.80. The summed E-state index contributed by atoms with van der Waals surface area (Å²) in [6.07, 6.45) is 3.35. The molecule has 0 spiro atoms. The molecule has 1 amide bonds. The van der Waals surface area contributed by atoms with Gasteiger partial charge in [0.25, 0.3) is 0 Å². The molecule has 1 fully saturated rings. The number of halogens is 1. The van der Waals surface area contributed by atoms with Crippen molar-refractivity contribution < 1.29 is 4.79 Å². The van der Waals surface area contributed by atoms with Crippen LogP contribution in [0.3, 0.4) is 0 Å². The highest BCUT2D eigenvalue weighted by molar-refractivity contribution is 6.30. The molecule has 0 bridgehead atoms. The van der Waals surface area contributed by atoms with Crippen LogP contribution in [-0.4, -0.2) is 33.4 Å². The zero-order chi connectivity index (χ0) is 20.4. The Kier molecular flexibility index (Phi) is 5.91. The van der Waals surface area contributed by atoms with Crippen LogP contribution >= 0.6 is 11.6 Å². The zero-order valence-electron chi connectivity index (χ0n) is 17.1. The van der Waals surface area contributed by atoms with Crippen molar-refractivity contribution in [3.8, 4) is 0 Å². The van der Waals surface area contributed by atoms with Gasteiger partial charge in [0.1, 0.15) is 5.82 Å². The molecule has 1 aliphatic heterocycles. The van der Waals surface area contributed by atoms with Gasteiger partial charge in [0.2, 0.25) is 5.91 Å². The summed E-state index contributed by atoms with van der Waals surface area (Å²) in [4.78, 5) is 19.9. The van der Waals surface area contributed by atoms with Crippen molar-refractivity contribution in [3.05, 3.63) is 64.9 Å². The van der Waals surface area contributed by atoms with Gasteiger partial charge in [-0.25, -0.2) is 4.98 Å². The van der Waals surface area contributed by atoms with Gasteiger partial charge >= 0.3 is 0 Å². The average Bonchev–Trinajstić information content (AvgIpc) is 3.12. The number of aryl methyl sites for hydroxylation is 1. The van der Waals surface area contributed by atoms with Crippen molar-refractivity contribution in [2.45, 2.75) is 51.5 Å². The molecule has 1 aromatic heterocycles.